The number of nitrogens with one attached hydrogen (secondary N) is 1. The van der Waals surface area contributed by atoms with Gasteiger partial charge in [-0.15, -0.1) is 0 Å². The minimum absolute atomic E-state index is 0.0721. The molecule has 0 spiro atoms. The summed E-state index contributed by atoms with van der Waals surface area (Å²) >= 11 is 0. The molecule has 1 atom stereocenters. The van der Waals surface area contributed by atoms with Crippen molar-refractivity contribution in [2.24, 2.45) is 0 Å². The van der Waals surface area contributed by atoms with Gasteiger partial charge in [0.1, 0.15) is 5.82 Å². The Hall–Kier alpha value is -1.15. The highest BCUT2D eigenvalue weighted by molar-refractivity contribution is 5.21. The Morgan fingerprint density at radius 3 is 2.67 bits per heavy atom. The first-order chi connectivity index (χ1) is 7.15. The molecule has 0 radical (unpaired) electrons. The average molecular weight is 207 g/mol. The first-order valence-electron chi connectivity index (χ1n) is 5.27. The maximum Gasteiger partial charge on any atom is 0.127 e. The van der Waals surface area contributed by atoms with Crippen LogP contribution in [0.5, 0.6) is 0 Å². The van der Waals surface area contributed by atoms with Crippen LogP contribution in [0.4, 0.5) is 4.39 Å². The molecule has 2 heteroatoms. The third kappa shape index (κ3) is 3.48. The van der Waals surface area contributed by atoms with Crippen molar-refractivity contribution in [3.05, 3.63) is 47.8 Å². The molecule has 0 heterocycles. The number of rotatable bonds is 5. The van der Waals surface area contributed by atoms with Gasteiger partial charge in [0, 0.05) is 18.2 Å². The Labute approximate surface area is 91.0 Å². The fraction of sp³-hybridized carbons (Fsp3) is 0.385. The van der Waals surface area contributed by atoms with Gasteiger partial charge in [-0.25, -0.2) is 4.39 Å². The molecule has 82 valence electrons. The average Bonchev–Trinajstić information content (AvgIpc) is 2.21. The first-order valence-corrected chi connectivity index (χ1v) is 5.27. The van der Waals surface area contributed by atoms with Crippen molar-refractivity contribution in [1.29, 1.82) is 0 Å². The van der Waals surface area contributed by atoms with Crippen LogP contribution >= 0.6 is 0 Å². The molecule has 0 aliphatic heterocycles. The van der Waals surface area contributed by atoms with Crippen LogP contribution in [0.2, 0.25) is 0 Å². The summed E-state index contributed by atoms with van der Waals surface area (Å²) in [5.41, 5.74) is 1.80. The number of halogens is 1. The monoisotopic (exact) mass is 207 g/mol. The van der Waals surface area contributed by atoms with Crippen molar-refractivity contribution in [2.45, 2.75) is 26.3 Å². The van der Waals surface area contributed by atoms with Crippen LogP contribution in [0.3, 0.4) is 0 Å². The van der Waals surface area contributed by atoms with Crippen molar-refractivity contribution in [2.75, 3.05) is 6.54 Å². The van der Waals surface area contributed by atoms with E-state index in [0.717, 1.165) is 24.1 Å². The normalized spacial score (nSPS) is 12.5. The van der Waals surface area contributed by atoms with Gasteiger partial charge in [0.05, 0.1) is 0 Å². The maximum atomic E-state index is 13.5. The van der Waals surface area contributed by atoms with E-state index in [4.69, 9.17) is 0 Å². The molecule has 1 rings (SSSR count). The summed E-state index contributed by atoms with van der Waals surface area (Å²) in [6.07, 6.45) is 0.869. The van der Waals surface area contributed by atoms with Crippen LogP contribution in [-0.2, 0) is 0 Å². The Kier molecular flexibility index (Phi) is 4.50. The minimum Gasteiger partial charge on any atom is -0.306 e. The lowest BCUT2D eigenvalue weighted by molar-refractivity contribution is 0.506. The van der Waals surface area contributed by atoms with Crippen LogP contribution in [0.25, 0.3) is 0 Å². The molecule has 0 saturated heterocycles. The summed E-state index contributed by atoms with van der Waals surface area (Å²) in [7, 11) is 0. The second-order valence-corrected chi connectivity index (χ2v) is 3.82. The summed E-state index contributed by atoms with van der Waals surface area (Å²) in [6, 6.07) is 6.98. The topological polar surface area (TPSA) is 12.0 Å². The van der Waals surface area contributed by atoms with E-state index in [-0.39, 0.29) is 11.9 Å². The second-order valence-electron chi connectivity index (χ2n) is 3.82. The molecule has 1 aromatic rings. The third-order valence-corrected chi connectivity index (χ3v) is 2.34. The zero-order valence-corrected chi connectivity index (χ0v) is 9.39. The Morgan fingerprint density at radius 2 is 2.13 bits per heavy atom. The number of hydrogen-bond acceptors (Lipinski definition) is 1. The van der Waals surface area contributed by atoms with E-state index < -0.39 is 0 Å². The van der Waals surface area contributed by atoms with Crippen LogP contribution < -0.4 is 5.32 Å². The van der Waals surface area contributed by atoms with Crippen molar-refractivity contribution < 1.29 is 4.39 Å². The SMILES string of the molecule is C=C(C)CNC(CC)c1ccccc1F. The van der Waals surface area contributed by atoms with Crippen LogP contribution in [0, 0.1) is 5.82 Å². The van der Waals surface area contributed by atoms with Crippen molar-refractivity contribution in [3.63, 3.8) is 0 Å². The zero-order valence-electron chi connectivity index (χ0n) is 9.39. The van der Waals surface area contributed by atoms with Gasteiger partial charge < -0.3 is 5.32 Å². The molecule has 0 amide bonds. The predicted octanol–water partition coefficient (Wildman–Crippen LogP) is 3.44. The molecule has 0 saturated carbocycles. The molecule has 1 aromatic carbocycles. The molecule has 0 bridgehead atoms. The summed E-state index contributed by atoms with van der Waals surface area (Å²) in [6.45, 7) is 8.55. The number of benzene rings is 1. The predicted molar refractivity (Wildman–Crippen MR) is 62.2 cm³/mol. The number of hydrogen-bond donors (Lipinski definition) is 1. The highest BCUT2D eigenvalue weighted by Crippen LogP contribution is 2.19. The van der Waals surface area contributed by atoms with E-state index in [1.807, 2.05) is 26.0 Å². The van der Waals surface area contributed by atoms with Gasteiger partial charge >= 0.3 is 0 Å². The Morgan fingerprint density at radius 1 is 1.47 bits per heavy atom. The molecule has 15 heavy (non-hydrogen) atoms. The molecular formula is C13H18FN. The van der Waals surface area contributed by atoms with E-state index in [2.05, 4.69) is 11.9 Å². The quantitative estimate of drug-likeness (QED) is 0.729. The third-order valence-electron chi connectivity index (χ3n) is 2.34. The van der Waals surface area contributed by atoms with Crippen LogP contribution in [-0.4, -0.2) is 6.54 Å². The van der Waals surface area contributed by atoms with Gasteiger partial charge in [0.25, 0.3) is 0 Å². The largest absolute Gasteiger partial charge is 0.306 e. The first kappa shape index (κ1) is 11.9. The fourth-order valence-corrected chi connectivity index (χ4v) is 1.53. The van der Waals surface area contributed by atoms with Crippen molar-refractivity contribution in [1.82, 2.24) is 5.32 Å². The van der Waals surface area contributed by atoms with Gasteiger partial charge in [-0.05, 0) is 19.4 Å². The highest BCUT2D eigenvalue weighted by Gasteiger charge is 2.11. The van der Waals surface area contributed by atoms with Gasteiger partial charge in [0.15, 0.2) is 0 Å². The standard InChI is InChI=1S/C13H18FN/c1-4-13(15-9-10(2)3)11-7-5-6-8-12(11)14/h5-8,13,15H,2,4,9H2,1,3H3. The van der Waals surface area contributed by atoms with Gasteiger partial charge in [-0.3, -0.25) is 0 Å². The maximum absolute atomic E-state index is 13.5. The Balaban J connectivity index is 2.74. The molecular weight excluding hydrogens is 189 g/mol. The van der Waals surface area contributed by atoms with Gasteiger partial charge in [-0.2, -0.15) is 0 Å². The molecule has 0 aliphatic carbocycles. The molecule has 0 aliphatic rings. The van der Waals surface area contributed by atoms with Crippen molar-refractivity contribution >= 4 is 0 Å². The van der Waals surface area contributed by atoms with Gasteiger partial charge in [0.2, 0.25) is 0 Å². The summed E-state index contributed by atoms with van der Waals surface area (Å²) in [4.78, 5) is 0. The van der Waals surface area contributed by atoms with E-state index in [9.17, 15) is 4.39 Å². The lowest BCUT2D eigenvalue weighted by atomic mass is 10.0. The molecule has 1 nitrogen and oxygen atoms in total. The van der Waals surface area contributed by atoms with E-state index in [1.165, 1.54) is 6.07 Å². The van der Waals surface area contributed by atoms with E-state index in [1.54, 1.807) is 6.07 Å². The molecule has 0 fully saturated rings. The van der Waals surface area contributed by atoms with Crippen LogP contribution in [0.15, 0.2) is 36.4 Å². The smallest absolute Gasteiger partial charge is 0.127 e. The summed E-state index contributed by atoms with van der Waals surface area (Å²) in [5.74, 6) is -0.140. The molecule has 0 aromatic heterocycles. The van der Waals surface area contributed by atoms with E-state index in [0.29, 0.717) is 0 Å². The van der Waals surface area contributed by atoms with Crippen LogP contribution in [0.1, 0.15) is 31.9 Å². The summed E-state index contributed by atoms with van der Waals surface area (Å²) < 4.78 is 13.5. The summed E-state index contributed by atoms with van der Waals surface area (Å²) in [5, 5.41) is 3.29. The van der Waals surface area contributed by atoms with E-state index >= 15 is 0 Å². The second kappa shape index (κ2) is 5.66. The minimum atomic E-state index is -0.140. The fourth-order valence-electron chi connectivity index (χ4n) is 1.53. The van der Waals surface area contributed by atoms with Crippen molar-refractivity contribution in [3.8, 4) is 0 Å². The Bertz CT molecular complexity index is 333. The molecule has 1 unspecified atom stereocenters. The van der Waals surface area contributed by atoms with Gasteiger partial charge in [-0.1, -0.05) is 37.3 Å². The lowest BCUT2D eigenvalue weighted by Gasteiger charge is -2.18. The molecule has 1 N–H and O–H groups in total. The zero-order chi connectivity index (χ0) is 11.3. The lowest BCUT2D eigenvalue weighted by Crippen LogP contribution is -2.23. The highest BCUT2D eigenvalue weighted by atomic mass is 19.1.